The summed E-state index contributed by atoms with van der Waals surface area (Å²) in [5.74, 6) is 4.18. The summed E-state index contributed by atoms with van der Waals surface area (Å²) in [5.41, 5.74) is 2.76. The maximum absolute atomic E-state index is 12.7. The highest BCUT2D eigenvalue weighted by molar-refractivity contribution is 5.92. The van der Waals surface area contributed by atoms with Crippen LogP contribution in [0.5, 0.6) is 0 Å². The monoisotopic (exact) mass is 397 g/mol. The van der Waals surface area contributed by atoms with Gasteiger partial charge >= 0.3 is 5.97 Å². The molecule has 4 heteroatoms. The van der Waals surface area contributed by atoms with Crippen LogP contribution in [0.1, 0.15) is 23.1 Å². The van der Waals surface area contributed by atoms with E-state index in [1.54, 1.807) is 12.1 Å². The van der Waals surface area contributed by atoms with Crippen molar-refractivity contribution in [2.24, 2.45) is 0 Å². The molecule has 1 atom stereocenters. The Hall–Kier alpha value is -3.84. The second-order valence-electron chi connectivity index (χ2n) is 6.74. The Morgan fingerprint density at radius 3 is 2.00 bits per heavy atom. The number of ether oxygens (including phenoxy) is 1. The maximum Gasteiger partial charge on any atom is 0.385 e. The molecule has 3 aromatic carbocycles. The van der Waals surface area contributed by atoms with Crippen molar-refractivity contribution in [1.29, 1.82) is 0 Å². The molecule has 0 aliphatic heterocycles. The van der Waals surface area contributed by atoms with Crippen LogP contribution in [-0.2, 0) is 27.3 Å². The van der Waals surface area contributed by atoms with Gasteiger partial charge in [-0.2, -0.15) is 0 Å². The molecule has 0 heterocycles. The van der Waals surface area contributed by atoms with Gasteiger partial charge in [-0.15, -0.1) is 0 Å². The normalized spacial score (nSPS) is 10.9. The third-order valence-electron chi connectivity index (χ3n) is 4.47. The van der Waals surface area contributed by atoms with Gasteiger partial charge in [-0.05, 0) is 36.1 Å². The lowest BCUT2D eigenvalue weighted by molar-refractivity contribution is -0.151. The fourth-order valence-corrected chi connectivity index (χ4v) is 2.89. The lowest BCUT2D eigenvalue weighted by atomic mass is 10.1. The van der Waals surface area contributed by atoms with E-state index in [9.17, 15) is 9.59 Å². The van der Waals surface area contributed by atoms with E-state index in [1.807, 2.05) is 78.9 Å². The summed E-state index contributed by atoms with van der Waals surface area (Å²) < 4.78 is 5.42. The van der Waals surface area contributed by atoms with E-state index < -0.39 is 12.1 Å². The number of carbonyl (C=O) groups is 2. The first-order valence-corrected chi connectivity index (χ1v) is 9.84. The number of aryl methyl sites for hydroxylation is 1. The molecule has 0 aliphatic carbocycles. The van der Waals surface area contributed by atoms with Crippen molar-refractivity contribution in [3.05, 3.63) is 108 Å². The number of esters is 1. The highest BCUT2D eigenvalue weighted by Crippen LogP contribution is 2.09. The second-order valence-corrected chi connectivity index (χ2v) is 6.74. The summed E-state index contributed by atoms with van der Waals surface area (Å²) in [6.45, 7) is 0.370. The first kappa shape index (κ1) is 20.9. The van der Waals surface area contributed by atoms with Crippen LogP contribution in [-0.4, -0.2) is 18.0 Å². The SMILES string of the molecule is O=C(C#Cc1ccccc1)OC(CCc1ccccc1)C(=O)NCc1ccccc1. The summed E-state index contributed by atoms with van der Waals surface area (Å²) in [6, 6.07) is 28.5. The molecule has 0 fully saturated rings. The van der Waals surface area contributed by atoms with E-state index >= 15 is 0 Å². The van der Waals surface area contributed by atoms with Gasteiger partial charge in [-0.3, -0.25) is 4.79 Å². The van der Waals surface area contributed by atoms with Gasteiger partial charge < -0.3 is 10.1 Å². The van der Waals surface area contributed by atoms with E-state index in [0.717, 1.165) is 11.1 Å². The number of nitrogens with one attached hydrogen (secondary N) is 1. The quantitative estimate of drug-likeness (QED) is 0.486. The second kappa shape index (κ2) is 11.2. The molecule has 0 aromatic heterocycles. The lowest BCUT2D eigenvalue weighted by Crippen LogP contribution is -2.37. The van der Waals surface area contributed by atoms with Crippen LogP contribution < -0.4 is 5.32 Å². The van der Waals surface area contributed by atoms with Gasteiger partial charge in [-0.1, -0.05) is 84.8 Å². The molecule has 1 amide bonds. The number of amides is 1. The average molecular weight is 397 g/mol. The largest absolute Gasteiger partial charge is 0.443 e. The van der Waals surface area contributed by atoms with Crippen molar-refractivity contribution in [1.82, 2.24) is 5.32 Å². The zero-order chi connectivity index (χ0) is 21.0. The predicted molar refractivity (Wildman–Crippen MR) is 116 cm³/mol. The third kappa shape index (κ3) is 6.96. The Labute approximate surface area is 176 Å². The van der Waals surface area contributed by atoms with Crippen LogP contribution in [0.4, 0.5) is 0 Å². The van der Waals surface area contributed by atoms with Crippen molar-refractivity contribution in [2.75, 3.05) is 0 Å². The molecule has 3 aromatic rings. The van der Waals surface area contributed by atoms with Gasteiger partial charge in [0.1, 0.15) is 0 Å². The fraction of sp³-hybridized carbons (Fsp3) is 0.154. The Balaban J connectivity index is 1.64. The topological polar surface area (TPSA) is 55.4 Å². The molecular weight excluding hydrogens is 374 g/mol. The number of benzene rings is 3. The minimum absolute atomic E-state index is 0.329. The van der Waals surface area contributed by atoms with Crippen LogP contribution in [0.2, 0.25) is 0 Å². The number of carbonyl (C=O) groups excluding carboxylic acids is 2. The zero-order valence-electron chi connectivity index (χ0n) is 16.6. The predicted octanol–water partition coefficient (Wildman–Crippen LogP) is 3.90. The standard InChI is InChI=1S/C26H23NO3/c28-25(19-17-22-12-6-2-7-13-22)30-24(18-16-21-10-4-1-5-11-21)26(29)27-20-23-14-8-3-9-15-23/h1-15,24H,16,18,20H2,(H,27,29). The molecule has 0 radical (unpaired) electrons. The van der Waals surface area contributed by atoms with E-state index in [0.29, 0.717) is 24.9 Å². The number of hydrogen-bond donors (Lipinski definition) is 1. The van der Waals surface area contributed by atoms with Gasteiger partial charge in [0, 0.05) is 18.0 Å². The molecule has 0 saturated carbocycles. The van der Waals surface area contributed by atoms with E-state index in [2.05, 4.69) is 17.2 Å². The molecule has 1 N–H and O–H groups in total. The molecule has 3 rings (SSSR count). The Kier molecular flexibility index (Phi) is 7.82. The molecule has 30 heavy (non-hydrogen) atoms. The summed E-state index contributed by atoms with van der Waals surface area (Å²) in [5, 5.41) is 2.85. The van der Waals surface area contributed by atoms with Crippen LogP contribution >= 0.6 is 0 Å². The molecule has 4 nitrogen and oxygen atoms in total. The Morgan fingerprint density at radius 2 is 1.37 bits per heavy atom. The minimum Gasteiger partial charge on any atom is -0.443 e. The highest BCUT2D eigenvalue weighted by atomic mass is 16.5. The highest BCUT2D eigenvalue weighted by Gasteiger charge is 2.22. The van der Waals surface area contributed by atoms with Crippen molar-refractivity contribution in [3.63, 3.8) is 0 Å². The Bertz CT molecular complexity index is 1010. The summed E-state index contributed by atoms with van der Waals surface area (Å²) >= 11 is 0. The van der Waals surface area contributed by atoms with E-state index in [1.165, 1.54) is 0 Å². The average Bonchev–Trinajstić information content (AvgIpc) is 2.81. The maximum atomic E-state index is 12.7. The molecule has 150 valence electrons. The first-order valence-electron chi connectivity index (χ1n) is 9.84. The fourth-order valence-electron chi connectivity index (χ4n) is 2.89. The number of rotatable bonds is 7. The third-order valence-corrected chi connectivity index (χ3v) is 4.47. The van der Waals surface area contributed by atoms with E-state index in [-0.39, 0.29) is 5.91 Å². The van der Waals surface area contributed by atoms with Crippen molar-refractivity contribution >= 4 is 11.9 Å². The van der Waals surface area contributed by atoms with Gasteiger partial charge in [0.2, 0.25) is 0 Å². The van der Waals surface area contributed by atoms with Crippen LogP contribution in [0, 0.1) is 11.8 Å². The van der Waals surface area contributed by atoms with Crippen LogP contribution in [0.25, 0.3) is 0 Å². The van der Waals surface area contributed by atoms with Crippen molar-refractivity contribution in [2.45, 2.75) is 25.5 Å². The molecule has 0 spiro atoms. The van der Waals surface area contributed by atoms with Crippen molar-refractivity contribution in [3.8, 4) is 11.8 Å². The molecule has 0 bridgehead atoms. The summed E-state index contributed by atoms with van der Waals surface area (Å²) in [6.07, 6.45) is 0.0825. The van der Waals surface area contributed by atoms with Gasteiger partial charge in [0.15, 0.2) is 6.10 Å². The smallest absolute Gasteiger partial charge is 0.385 e. The molecular formula is C26H23NO3. The van der Waals surface area contributed by atoms with Gasteiger partial charge in [-0.25, -0.2) is 4.79 Å². The van der Waals surface area contributed by atoms with Crippen LogP contribution in [0.15, 0.2) is 91.0 Å². The lowest BCUT2D eigenvalue weighted by Gasteiger charge is -2.16. The minimum atomic E-state index is -0.911. The van der Waals surface area contributed by atoms with Gasteiger partial charge in [0.25, 0.3) is 5.91 Å². The molecule has 0 aliphatic rings. The van der Waals surface area contributed by atoms with Crippen LogP contribution in [0.3, 0.4) is 0 Å². The van der Waals surface area contributed by atoms with Gasteiger partial charge in [0.05, 0.1) is 0 Å². The Morgan fingerprint density at radius 1 is 0.800 bits per heavy atom. The van der Waals surface area contributed by atoms with E-state index in [4.69, 9.17) is 4.74 Å². The zero-order valence-corrected chi connectivity index (χ0v) is 16.6. The van der Waals surface area contributed by atoms with Crippen molar-refractivity contribution < 1.29 is 14.3 Å². The molecule has 1 unspecified atom stereocenters. The summed E-state index contributed by atoms with van der Waals surface area (Å²) in [4.78, 5) is 25.0. The first-order chi connectivity index (χ1) is 14.7. The summed E-state index contributed by atoms with van der Waals surface area (Å²) in [7, 11) is 0. The number of hydrogen-bond acceptors (Lipinski definition) is 3. The molecule has 0 saturated heterocycles.